The highest BCUT2D eigenvalue weighted by atomic mass is 32.2. The lowest BCUT2D eigenvalue weighted by Crippen LogP contribution is -2.31. The summed E-state index contributed by atoms with van der Waals surface area (Å²) in [5.74, 6) is -0.779. The van der Waals surface area contributed by atoms with Crippen LogP contribution in [0.1, 0.15) is 18.5 Å². The molecule has 0 unspecified atom stereocenters. The third kappa shape index (κ3) is 4.05. The number of esters is 1. The molecule has 0 spiro atoms. The number of hydrogen-bond acceptors (Lipinski definition) is 7. The van der Waals surface area contributed by atoms with Gasteiger partial charge in [-0.1, -0.05) is 11.8 Å². The minimum atomic E-state index is -0.714. The second-order valence-corrected chi connectivity index (χ2v) is 7.82. The molecule has 2 aromatic rings. The number of aryl methyl sites for hydroxylation is 1. The molecule has 7 nitrogen and oxygen atoms in total. The maximum atomic E-state index is 12.5. The molecule has 2 heterocycles. The van der Waals surface area contributed by atoms with E-state index in [2.05, 4.69) is 15.0 Å². The van der Waals surface area contributed by atoms with Crippen LogP contribution >= 0.6 is 23.1 Å². The van der Waals surface area contributed by atoms with Crippen LogP contribution in [0.2, 0.25) is 0 Å². The Morgan fingerprint density at radius 3 is 2.69 bits per heavy atom. The monoisotopic (exact) mass is 391 g/mol. The molecular weight excluding hydrogens is 374 g/mol. The zero-order chi connectivity index (χ0) is 18.7. The molecule has 0 radical (unpaired) electrons. The molecule has 1 aliphatic heterocycles. The summed E-state index contributed by atoms with van der Waals surface area (Å²) in [6.07, 6.45) is 0.287. The summed E-state index contributed by atoms with van der Waals surface area (Å²) < 4.78 is 5.50. The number of hydrogen-bond donors (Lipinski definition) is 1. The number of carbonyl (C=O) groups excluding carboxylic acids is 3. The van der Waals surface area contributed by atoms with E-state index >= 15 is 0 Å². The van der Waals surface area contributed by atoms with Crippen LogP contribution < -0.4 is 10.2 Å². The van der Waals surface area contributed by atoms with Crippen molar-refractivity contribution in [3.8, 4) is 0 Å². The zero-order valence-electron chi connectivity index (χ0n) is 14.2. The van der Waals surface area contributed by atoms with Gasteiger partial charge in [0.25, 0.3) is 5.91 Å². The fourth-order valence-electron chi connectivity index (χ4n) is 2.48. The molecule has 1 N–H and O–H groups in total. The van der Waals surface area contributed by atoms with Gasteiger partial charge in [-0.25, -0.2) is 14.7 Å². The first-order valence-corrected chi connectivity index (χ1v) is 9.59. The Morgan fingerprint density at radius 1 is 1.35 bits per heavy atom. The Balaban J connectivity index is 1.67. The van der Waals surface area contributed by atoms with Crippen molar-refractivity contribution in [2.24, 2.45) is 0 Å². The van der Waals surface area contributed by atoms with Crippen LogP contribution in [0.4, 0.5) is 10.5 Å². The molecule has 1 fully saturated rings. The molecule has 0 saturated carbocycles. The average Bonchev–Trinajstić information content (AvgIpc) is 3.16. The number of nitrogens with one attached hydrogen (secondary N) is 1. The molecular formula is C17H17N3O4S2. The third-order valence-electron chi connectivity index (χ3n) is 3.78. The second-order valence-electron chi connectivity index (χ2n) is 5.64. The Hall–Kier alpha value is -2.39. The lowest BCUT2D eigenvalue weighted by Gasteiger charge is -2.13. The van der Waals surface area contributed by atoms with E-state index in [0.717, 1.165) is 19.8 Å². The van der Waals surface area contributed by atoms with Gasteiger partial charge in [0.1, 0.15) is 6.04 Å². The summed E-state index contributed by atoms with van der Waals surface area (Å²) in [6.45, 7) is 1.94. The van der Waals surface area contributed by atoms with E-state index in [1.54, 1.807) is 23.5 Å². The standard InChI is InChI=1S/C17H17N3O4S2/c1-10-9-25-17(18-10)26-12-5-3-11(4-6-12)20-15(22)13(19-16(20)23)7-8-14(21)24-2/h3-6,9,13H,7-8H2,1-2H3,(H,19,23)/t13-/m1/s1. The van der Waals surface area contributed by atoms with E-state index in [4.69, 9.17) is 0 Å². The van der Waals surface area contributed by atoms with Gasteiger partial charge in [0.15, 0.2) is 4.34 Å². The van der Waals surface area contributed by atoms with E-state index in [0.29, 0.717) is 5.69 Å². The van der Waals surface area contributed by atoms with Crippen molar-refractivity contribution in [1.29, 1.82) is 0 Å². The highest BCUT2D eigenvalue weighted by Gasteiger charge is 2.38. The lowest BCUT2D eigenvalue weighted by molar-refractivity contribution is -0.140. The van der Waals surface area contributed by atoms with Gasteiger partial charge < -0.3 is 10.1 Å². The SMILES string of the molecule is COC(=O)CC[C@H]1NC(=O)N(c2ccc(Sc3nc(C)cs3)cc2)C1=O. The van der Waals surface area contributed by atoms with E-state index in [-0.39, 0.29) is 18.7 Å². The zero-order valence-corrected chi connectivity index (χ0v) is 15.9. The Kier molecular flexibility index (Phi) is 5.58. The highest BCUT2D eigenvalue weighted by molar-refractivity contribution is 8.01. The normalized spacial score (nSPS) is 16.7. The fourth-order valence-corrected chi connectivity index (χ4v) is 4.29. The number of nitrogens with zero attached hydrogens (tertiary/aromatic N) is 2. The molecule has 1 saturated heterocycles. The topological polar surface area (TPSA) is 88.6 Å². The van der Waals surface area contributed by atoms with Gasteiger partial charge in [-0.05, 0) is 37.6 Å². The van der Waals surface area contributed by atoms with Crippen LogP contribution in [-0.2, 0) is 14.3 Å². The van der Waals surface area contributed by atoms with Gasteiger partial charge in [0, 0.05) is 22.4 Å². The fraction of sp³-hybridized carbons (Fsp3) is 0.294. The van der Waals surface area contributed by atoms with E-state index in [1.165, 1.54) is 18.9 Å². The summed E-state index contributed by atoms with van der Waals surface area (Å²) in [7, 11) is 1.29. The van der Waals surface area contributed by atoms with Crippen molar-refractivity contribution in [2.75, 3.05) is 12.0 Å². The number of carbonyl (C=O) groups is 3. The van der Waals surface area contributed by atoms with Crippen molar-refractivity contribution in [2.45, 2.75) is 35.0 Å². The predicted molar refractivity (Wildman–Crippen MR) is 98.5 cm³/mol. The second kappa shape index (κ2) is 7.88. The number of benzene rings is 1. The first-order chi connectivity index (χ1) is 12.5. The summed E-state index contributed by atoms with van der Waals surface area (Å²) in [6, 6.07) is 5.94. The maximum absolute atomic E-state index is 12.5. The number of ether oxygens (including phenoxy) is 1. The van der Waals surface area contributed by atoms with Crippen LogP contribution in [0.5, 0.6) is 0 Å². The maximum Gasteiger partial charge on any atom is 0.329 e. The number of imide groups is 1. The smallest absolute Gasteiger partial charge is 0.329 e. The van der Waals surface area contributed by atoms with E-state index in [1.807, 2.05) is 24.4 Å². The van der Waals surface area contributed by atoms with Crippen molar-refractivity contribution < 1.29 is 19.1 Å². The molecule has 3 amide bonds. The lowest BCUT2D eigenvalue weighted by atomic mass is 10.1. The summed E-state index contributed by atoms with van der Waals surface area (Å²) in [5, 5.41) is 4.59. The number of anilines is 1. The van der Waals surface area contributed by atoms with Crippen molar-refractivity contribution in [3.63, 3.8) is 0 Å². The quantitative estimate of drug-likeness (QED) is 0.602. The van der Waals surface area contributed by atoms with Crippen LogP contribution in [0.3, 0.4) is 0 Å². The molecule has 136 valence electrons. The van der Waals surface area contributed by atoms with Gasteiger partial charge in [-0.3, -0.25) is 9.59 Å². The number of amides is 3. The molecule has 1 atom stereocenters. The molecule has 1 aromatic heterocycles. The van der Waals surface area contributed by atoms with Crippen molar-refractivity contribution in [1.82, 2.24) is 10.3 Å². The third-order valence-corrected chi connectivity index (χ3v) is 5.85. The average molecular weight is 391 g/mol. The first-order valence-electron chi connectivity index (χ1n) is 7.89. The summed E-state index contributed by atoms with van der Waals surface area (Å²) in [4.78, 5) is 42.3. The van der Waals surface area contributed by atoms with Crippen LogP contribution in [0.25, 0.3) is 0 Å². The van der Waals surface area contributed by atoms with Gasteiger partial charge in [-0.15, -0.1) is 11.3 Å². The minimum Gasteiger partial charge on any atom is -0.469 e. The number of urea groups is 1. The highest BCUT2D eigenvalue weighted by Crippen LogP contribution is 2.32. The van der Waals surface area contributed by atoms with Crippen molar-refractivity contribution >= 4 is 46.7 Å². The van der Waals surface area contributed by atoms with Gasteiger partial charge >= 0.3 is 12.0 Å². The molecule has 3 rings (SSSR count). The van der Waals surface area contributed by atoms with Gasteiger partial charge in [-0.2, -0.15) is 0 Å². The molecule has 26 heavy (non-hydrogen) atoms. The molecule has 0 bridgehead atoms. The van der Waals surface area contributed by atoms with Crippen LogP contribution in [0, 0.1) is 6.92 Å². The van der Waals surface area contributed by atoms with Crippen LogP contribution in [0.15, 0.2) is 38.9 Å². The molecule has 0 aliphatic carbocycles. The van der Waals surface area contributed by atoms with Crippen molar-refractivity contribution in [3.05, 3.63) is 35.3 Å². The number of rotatable bonds is 6. The Morgan fingerprint density at radius 2 is 2.08 bits per heavy atom. The number of aromatic nitrogens is 1. The Bertz CT molecular complexity index is 835. The molecule has 1 aromatic carbocycles. The molecule has 9 heteroatoms. The first kappa shape index (κ1) is 18.4. The van der Waals surface area contributed by atoms with E-state index in [9.17, 15) is 14.4 Å². The Labute approximate surface area is 158 Å². The molecule has 1 aliphatic rings. The largest absolute Gasteiger partial charge is 0.469 e. The summed E-state index contributed by atoms with van der Waals surface area (Å²) in [5.41, 5.74) is 1.47. The minimum absolute atomic E-state index is 0.0732. The van der Waals surface area contributed by atoms with Gasteiger partial charge in [0.05, 0.1) is 12.8 Å². The van der Waals surface area contributed by atoms with E-state index < -0.39 is 18.0 Å². The number of methoxy groups -OCH3 is 1. The van der Waals surface area contributed by atoms with Crippen LogP contribution in [-0.4, -0.2) is 36.0 Å². The summed E-state index contributed by atoms with van der Waals surface area (Å²) >= 11 is 3.10. The predicted octanol–water partition coefficient (Wildman–Crippen LogP) is 2.98. The van der Waals surface area contributed by atoms with Gasteiger partial charge in [0.2, 0.25) is 0 Å². The number of thiazole rings is 1.